The van der Waals surface area contributed by atoms with Crippen LogP contribution in [0.15, 0.2) is 0 Å². The molecule has 0 unspecified atom stereocenters. The van der Waals surface area contributed by atoms with Crippen LogP contribution in [-0.4, -0.2) is 55.0 Å². The normalized spacial score (nSPS) is 23.9. The van der Waals surface area contributed by atoms with Crippen molar-refractivity contribution in [3.8, 4) is 0 Å². The summed E-state index contributed by atoms with van der Waals surface area (Å²) in [5, 5.41) is 0. The van der Waals surface area contributed by atoms with E-state index in [1.807, 2.05) is 4.90 Å². The van der Waals surface area contributed by atoms with Gasteiger partial charge in [-0.3, -0.25) is 9.69 Å². The lowest BCUT2D eigenvalue weighted by Crippen LogP contribution is -2.50. The second-order valence-corrected chi connectivity index (χ2v) is 4.23. The minimum absolute atomic E-state index is 0.371. The van der Waals surface area contributed by atoms with E-state index >= 15 is 0 Å². The molecule has 4 heteroatoms. The molecule has 0 bridgehead atoms. The molecule has 2 aliphatic rings. The first-order valence-corrected chi connectivity index (χ1v) is 5.52. The summed E-state index contributed by atoms with van der Waals surface area (Å²) in [5.41, 5.74) is 5.49. The van der Waals surface area contributed by atoms with Crippen molar-refractivity contribution in [2.45, 2.75) is 12.8 Å². The molecule has 0 spiro atoms. The number of nitrogens with zero attached hydrogens (tertiary/aromatic N) is 2. The van der Waals surface area contributed by atoms with Gasteiger partial charge in [0.1, 0.15) is 0 Å². The molecule has 2 fully saturated rings. The van der Waals surface area contributed by atoms with E-state index in [2.05, 4.69) is 4.90 Å². The molecule has 1 saturated heterocycles. The summed E-state index contributed by atoms with van der Waals surface area (Å²) in [5.74, 6) is 0.758. The zero-order valence-corrected chi connectivity index (χ0v) is 8.61. The summed E-state index contributed by atoms with van der Waals surface area (Å²) in [6.07, 6.45) is 2.23. The van der Waals surface area contributed by atoms with Crippen LogP contribution in [0.1, 0.15) is 12.8 Å². The molecule has 14 heavy (non-hydrogen) atoms. The van der Waals surface area contributed by atoms with Gasteiger partial charge in [0.25, 0.3) is 0 Å². The molecular weight excluding hydrogens is 178 g/mol. The Kier molecular flexibility index (Phi) is 3.03. The molecule has 1 aliphatic heterocycles. The minimum Gasteiger partial charge on any atom is -0.340 e. The average molecular weight is 197 g/mol. The molecule has 0 atom stereocenters. The molecule has 1 amide bonds. The molecule has 80 valence electrons. The van der Waals surface area contributed by atoms with Crippen LogP contribution in [0.4, 0.5) is 0 Å². The Morgan fingerprint density at radius 3 is 2.36 bits per heavy atom. The highest BCUT2D eigenvalue weighted by Crippen LogP contribution is 2.31. The van der Waals surface area contributed by atoms with E-state index in [-0.39, 0.29) is 0 Å². The first-order chi connectivity index (χ1) is 6.81. The molecule has 2 N–H and O–H groups in total. The lowest BCUT2D eigenvalue weighted by molar-refractivity contribution is -0.134. The summed E-state index contributed by atoms with van der Waals surface area (Å²) >= 11 is 0. The van der Waals surface area contributed by atoms with Crippen molar-refractivity contribution in [3.05, 3.63) is 0 Å². The zero-order valence-electron chi connectivity index (χ0n) is 8.61. The highest BCUT2D eigenvalue weighted by molar-refractivity contribution is 5.81. The molecule has 0 aromatic heterocycles. The second-order valence-electron chi connectivity index (χ2n) is 4.23. The van der Waals surface area contributed by atoms with Crippen LogP contribution < -0.4 is 5.73 Å². The maximum absolute atomic E-state index is 11.7. The van der Waals surface area contributed by atoms with Gasteiger partial charge in [0.2, 0.25) is 5.91 Å². The Balaban J connectivity index is 1.74. The number of hydrogen-bond donors (Lipinski definition) is 1. The number of carbonyl (C=O) groups is 1. The number of carbonyl (C=O) groups excluding carboxylic acids is 1. The van der Waals surface area contributed by atoms with Gasteiger partial charge in [0.15, 0.2) is 0 Å². The second kappa shape index (κ2) is 4.28. The minimum atomic E-state index is 0.371. The summed E-state index contributed by atoms with van der Waals surface area (Å²) in [6.45, 7) is 5.47. The van der Waals surface area contributed by atoms with Crippen LogP contribution in [0.5, 0.6) is 0 Å². The number of hydrogen-bond acceptors (Lipinski definition) is 3. The molecular formula is C10H19N3O. The third-order valence-electron chi connectivity index (χ3n) is 3.06. The van der Waals surface area contributed by atoms with Gasteiger partial charge in [0.05, 0.1) is 0 Å². The lowest BCUT2D eigenvalue weighted by atomic mass is 10.2. The predicted molar refractivity (Wildman–Crippen MR) is 54.8 cm³/mol. The molecule has 0 radical (unpaired) electrons. The third kappa shape index (κ3) is 2.25. The van der Waals surface area contributed by atoms with Crippen LogP contribution in [0.25, 0.3) is 0 Å². The fraction of sp³-hybridized carbons (Fsp3) is 0.900. The first-order valence-electron chi connectivity index (χ1n) is 5.52. The summed E-state index contributed by atoms with van der Waals surface area (Å²) in [4.78, 5) is 16.1. The van der Waals surface area contributed by atoms with Crippen molar-refractivity contribution < 1.29 is 4.79 Å². The predicted octanol–water partition coefficient (Wildman–Crippen LogP) is -0.501. The third-order valence-corrected chi connectivity index (χ3v) is 3.06. The van der Waals surface area contributed by atoms with Crippen molar-refractivity contribution in [1.82, 2.24) is 9.80 Å². The van der Waals surface area contributed by atoms with Crippen LogP contribution >= 0.6 is 0 Å². The van der Waals surface area contributed by atoms with E-state index in [1.54, 1.807) is 0 Å². The van der Waals surface area contributed by atoms with E-state index in [1.165, 1.54) is 0 Å². The van der Waals surface area contributed by atoms with E-state index in [9.17, 15) is 4.79 Å². The monoisotopic (exact) mass is 197 g/mol. The molecule has 2 rings (SSSR count). The fourth-order valence-electron chi connectivity index (χ4n) is 1.96. The van der Waals surface area contributed by atoms with E-state index < -0.39 is 0 Å². The summed E-state index contributed by atoms with van der Waals surface area (Å²) in [7, 11) is 0. The Hall–Kier alpha value is -0.610. The van der Waals surface area contributed by atoms with Gasteiger partial charge in [-0.15, -0.1) is 0 Å². The molecule has 1 saturated carbocycles. The van der Waals surface area contributed by atoms with Gasteiger partial charge >= 0.3 is 0 Å². The molecule has 1 aliphatic carbocycles. The van der Waals surface area contributed by atoms with Crippen LogP contribution in [0, 0.1) is 5.92 Å². The van der Waals surface area contributed by atoms with Crippen molar-refractivity contribution in [1.29, 1.82) is 0 Å². The molecule has 4 nitrogen and oxygen atoms in total. The van der Waals surface area contributed by atoms with Gasteiger partial charge in [-0.25, -0.2) is 0 Å². The Bertz CT molecular complexity index is 207. The van der Waals surface area contributed by atoms with Gasteiger partial charge in [0, 0.05) is 45.2 Å². The SMILES string of the molecule is NCCN1CCN(C(=O)C2CC2)CC1. The highest BCUT2D eigenvalue weighted by Gasteiger charge is 2.34. The summed E-state index contributed by atoms with van der Waals surface area (Å²) < 4.78 is 0. The number of amides is 1. The average Bonchev–Trinajstić information content (AvgIpc) is 3.02. The topological polar surface area (TPSA) is 49.6 Å². The summed E-state index contributed by atoms with van der Waals surface area (Å²) in [6, 6.07) is 0. The van der Waals surface area contributed by atoms with Crippen molar-refractivity contribution in [2.75, 3.05) is 39.3 Å². The molecule has 0 aromatic rings. The lowest BCUT2D eigenvalue weighted by Gasteiger charge is -2.34. The van der Waals surface area contributed by atoms with Crippen LogP contribution in [-0.2, 0) is 4.79 Å². The van der Waals surface area contributed by atoms with E-state index in [0.717, 1.165) is 52.1 Å². The van der Waals surface area contributed by atoms with Crippen LogP contribution in [0.2, 0.25) is 0 Å². The van der Waals surface area contributed by atoms with Crippen LogP contribution in [0.3, 0.4) is 0 Å². The molecule has 0 aromatic carbocycles. The van der Waals surface area contributed by atoms with E-state index in [4.69, 9.17) is 5.73 Å². The quantitative estimate of drug-likeness (QED) is 0.663. The van der Waals surface area contributed by atoms with Gasteiger partial charge in [-0.2, -0.15) is 0 Å². The fourth-order valence-corrected chi connectivity index (χ4v) is 1.96. The van der Waals surface area contributed by atoms with Crippen molar-refractivity contribution in [2.24, 2.45) is 11.7 Å². The Morgan fingerprint density at radius 2 is 1.86 bits per heavy atom. The standard InChI is InChI=1S/C10H19N3O/c11-3-4-12-5-7-13(8-6-12)10(14)9-1-2-9/h9H,1-8,11H2. The van der Waals surface area contributed by atoms with E-state index in [0.29, 0.717) is 11.8 Å². The number of rotatable bonds is 3. The van der Waals surface area contributed by atoms with Gasteiger partial charge < -0.3 is 10.6 Å². The van der Waals surface area contributed by atoms with Crippen molar-refractivity contribution in [3.63, 3.8) is 0 Å². The number of nitrogens with two attached hydrogens (primary N) is 1. The zero-order chi connectivity index (χ0) is 9.97. The smallest absolute Gasteiger partial charge is 0.225 e. The largest absolute Gasteiger partial charge is 0.340 e. The maximum Gasteiger partial charge on any atom is 0.225 e. The van der Waals surface area contributed by atoms with Crippen molar-refractivity contribution >= 4 is 5.91 Å². The highest BCUT2D eigenvalue weighted by atomic mass is 16.2. The number of piperazine rings is 1. The Labute approximate surface area is 85.0 Å². The van der Waals surface area contributed by atoms with Gasteiger partial charge in [-0.05, 0) is 12.8 Å². The van der Waals surface area contributed by atoms with Gasteiger partial charge in [-0.1, -0.05) is 0 Å². The first kappa shape index (κ1) is 9.93. The Morgan fingerprint density at radius 1 is 1.21 bits per heavy atom. The maximum atomic E-state index is 11.7. The molecule has 1 heterocycles.